The zero-order valence-electron chi connectivity index (χ0n) is 11.3. The fraction of sp³-hybridized carbons (Fsp3) is 1.00. The van der Waals surface area contributed by atoms with Crippen LogP contribution < -0.4 is 5.32 Å². The zero-order valence-corrected chi connectivity index (χ0v) is 12.1. The Kier molecular flexibility index (Phi) is 5.64. The Balaban J connectivity index is 1.61. The molecule has 2 aliphatic rings. The van der Waals surface area contributed by atoms with Gasteiger partial charge in [-0.05, 0) is 26.2 Å². The van der Waals surface area contributed by atoms with Gasteiger partial charge in [0.1, 0.15) is 0 Å². The van der Waals surface area contributed by atoms with Gasteiger partial charge in [-0.15, -0.1) is 0 Å². The molecule has 0 spiro atoms. The Morgan fingerprint density at radius 3 is 2.65 bits per heavy atom. The van der Waals surface area contributed by atoms with E-state index in [1.807, 2.05) is 0 Å². The molecule has 2 nitrogen and oxygen atoms in total. The molecule has 0 amide bonds. The second kappa shape index (κ2) is 7.01. The average molecular weight is 257 g/mol. The summed E-state index contributed by atoms with van der Waals surface area (Å²) in [6.07, 6.45) is 8.76. The molecule has 1 saturated heterocycles. The molecule has 3 atom stereocenters. The Labute approximate surface area is 110 Å². The highest BCUT2D eigenvalue weighted by Crippen LogP contribution is 2.29. The standard InChI is InChI=1S/C14H27NOS/c1-11(17-14-8-9-16-12(14)2)10-15-13-6-4-3-5-7-13/h11-15H,3-10H2,1-2H3. The molecule has 17 heavy (non-hydrogen) atoms. The van der Waals surface area contributed by atoms with Gasteiger partial charge in [0.15, 0.2) is 0 Å². The molecule has 0 aromatic carbocycles. The largest absolute Gasteiger partial charge is 0.377 e. The molecular weight excluding hydrogens is 230 g/mol. The number of hydrogen-bond donors (Lipinski definition) is 1. The maximum atomic E-state index is 5.62. The van der Waals surface area contributed by atoms with Gasteiger partial charge in [0.25, 0.3) is 0 Å². The van der Waals surface area contributed by atoms with Crippen LogP contribution >= 0.6 is 11.8 Å². The monoisotopic (exact) mass is 257 g/mol. The lowest BCUT2D eigenvalue weighted by Crippen LogP contribution is -2.35. The number of rotatable bonds is 5. The summed E-state index contributed by atoms with van der Waals surface area (Å²) in [4.78, 5) is 0. The number of thioether (sulfide) groups is 1. The summed E-state index contributed by atoms with van der Waals surface area (Å²) < 4.78 is 5.62. The third-order valence-corrected chi connectivity index (χ3v) is 5.61. The van der Waals surface area contributed by atoms with Gasteiger partial charge in [-0.2, -0.15) is 11.8 Å². The van der Waals surface area contributed by atoms with Gasteiger partial charge in [-0.3, -0.25) is 0 Å². The van der Waals surface area contributed by atoms with Gasteiger partial charge in [-0.1, -0.05) is 26.2 Å². The van der Waals surface area contributed by atoms with Crippen LogP contribution in [0.5, 0.6) is 0 Å². The summed E-state index contributed by atoms with van der Waals surface area (Å²) in [5.41, 5.74) is 0. The van der Waals surface area contributed by atoms with Crippen molar-refractivity contribution in [3.8, 4) is 0 Å². The molecule has 0 radical (unpaired) electrons. The first kappa shape index (κ1) is 13.7. The molecule has 1 aliphatic carbocycles. The summed E-state index contributed by atoms with van der Waals surface area (Å²) in [5.74, 6) is 0. The first-order chi connectivity index (χ1) is 8.25. The molecular formula is C14H27NOS. The molecule has 1 heterocycles. The highest BCUT2D eigenvalue weighted by Gasteiger charge is 2.26. The fourth-order valence-corrected chi connectivity index (χ4v) is 4.20. The van der Waals surface area contributed by atoms with E-state index in [0.717, 1.165) is 17.9 Å². The van der Waals surface area contributed by atoms with Crippen LogP contribution in [-0.4, -0.2) is 35.8 Å². The van der Waals surface area contributed by atoms with E-state index in [9.17, 15) is 0 Å². The van der Waals surface area contributed by atoms with Crippen molar-refractivity contribution in [2.24, 2.45) is 0 Å². The Bertz CT molecular complexity index is 218. The second-order valence-corrected chi connectivity index (χ2v) is 7.28. The minimum Gasteiger partial charge on any atom is -0.377 e. The quantitative estimate of drug-likeness (QED) is 0.817. The topological polar surface area (TPSA) is 21.3 Å². The van der Waals surface area contributed by atoms with Gasteiger partial charge < -0.3 is 10.1 Å². The van der Waals surface area contributed by atoms with Crippen LogP contribution in [0.1, 0.15) is 52.4 Å². The molecule has 3 unspecified atom stereocenters. The molecule has 2 rings (SSSR count). The van der Waals surface area contributed by atoms with Crippen LogP contribution in [0.25, 0.3) is 0 Å². The lowest BCUT2D eigenvalue weighted by atomic mass is 9.95. The first-order valence-corrected chi connectivity index (χ1v) is 8.20. The third kappa shape index (κ3) is 4.46. The molecule has 3 heteroatoms. The fourth-order valence-electron chi connectivity index (χ4n) is 2.88. The van der Waals surface area contributed by atoms with E-state index in [-0.39, 0.29) is 0 Å². The van der Waals surface area contributed by atoms with Crippen molar-refractivity contribution in [2.75, 3.05) is 13.2 Å². The highest BCUT2D eigenvalue weighted by atomic mass is 32.2. The van der Waals surface area contributed by atoms with Crippen LogP contribution in [-0.2, 0) is 4.74 Å². The lowest BCUT2D eigenvalue weighted by Gasteiger charge is -2.25. The van der Waals surface area contributed by atoms with Crippen LogP contribution in [0.2, 0.25) is 0 Å². The van der Waals surface area contributed by atoms with Crippen LogP contribution in [0.3, 0.4) is 0 Å². The van der Waals surface area contributed by atoms with E-state index in [2.05, 4.69) is 30.9 Å². The Morgan fingerprint density at radius 1 is 1.24 bits per heavy atom. The minimum absolute atomic E-state index is 0.456. The predicted octanol–water partition coefficient (Wildman–Crippen LogP) is 3.21. The van der Waals surface area contributed by atoms with Crippen molar-refractivity contribution >= 4 is 11.8 Å². The molecule has 1 N–H and O–H groups in total. The van der Waals surface area contributed by atoms with Crippen molar-refractivity contribution in [1.29, 1.82) is 0 Å². The van der Waals surface area contributed by atoms with Crippen molar-refractivity contribution in [2.45, 2.75) is 75.0 Å². The van der Waals surface area contributed by atoms with Gasteiger partial charge >= 0.3 is 0 Å². The highest BCUT2D eigenvalue weighted by molar-refractivity contribution is 8.00. The lowest BCUT2D eigenvalue weighted by molar-refractivity contribution is 0.127. The van der Waals surface area contributed by atoms with Crippen molar-refractivity contribution in [3.05, 3.63) is 0 Å². The molecule has 0 bridgehead atoms. The first-order valence-electron chi connectivity index (χ1n) is 7.26. The van der Waals surface area contributed by atoms with Gasteiger partial charge in [0.05, 0.1) is 6.10 Å². The minimum atomic E-state index is 0.456. The van der Waals surface area contributed by atoms with Crippen molar-refractivity contribution < 1.29 is 4.74 Å². The van der Waals surface area contributed by atoms with Crippen LogP contribution in [0.4, 0.5) is 0 Å². The normalized spacial score (nSPS) is 32.8. The molecule has 0 aromatic rings. The molecule has 1 aliphatic heterocycles. The van der Waals surface area contributed by atoms with E-state index in [1.165, 1.54) is 45.1 Å². The Hall–Kier alpha value is 0.270. The molecule has 2 fully saturated rings. The maximum Gasteiger partial charge on any atom is 0.0666 e. The van der Waals surface area contributed by atoms with Crippen LogP contribution in [0, 0.1) is 0 Å². The van der Waals surface area contributed by atoms with Crippen molar-refractivity contribution in [1.82, 2.24) is 5.32 Å². The Morgan fingerprint density at radius 2 is 2.00 bits per heavy atom. The van der Waals surface area contributed by atoms with Gasteiger partial charge in [0.2, 0.25) is 0 Å². The van der Waals surface area contributed by atoms with E-state index in [1.54, 1.807) is 0 Å². The van der Waals surface area contributed by atoms with Gasteiger partial charge in [0, 0.05) is 29.7 Å². The maximum absolute atomic E-state index is 5.62. The second-order valence-electron chi connectivity index (χ2n) is 5.59. The summed E-state index contributed by atoms with van der Waals surface area (Å²) in [6, 6.07) is 0.795. The summed E-state index contributed by atoms with van der Waals surface area (Å²) in [7, 11) is 0. The average Bonchev–Trinajstić information content (AvgIpc) is 2.74. The summed E-state index contributed by atoms with van der Waals surface area (Å²) >= 11 is 2.12. The number of ether oxygens (including phenoxy) is 1. The van der Waals surface area contributed by atoms with Crippen molar-refractivity contribution in [3.63, 3.8) is 0 Å². The smallest absolute Gasteiger partial charge is 0.0666 e. The summed E-state index contributed by atoms with van der Waals surface area (Å²) in [5, 5.41) is 5.18. The van der Waals surface area contributed by atoms with Gasteiger partial charge in [-0.25, -0.2) is 0 Å². The van der Waals surface area contributed by atoms with E-state index < -0.39 is 0 Å². The number of nitrogens with one attached hydrogen (secondary N) is 1. The zero-order chi connectivity index (χ0) is 12.1. The third-order valence-electron chi connectivity index (χ3n) is 4.01. The van der Waals surface area contributed by atoms with E-state index >= 15 is 0 Å². The van der Waals surface area contributed by atoms with Crippen LogP contribution in [0.15, 0.2) is 0 Å². The molecule has 100 valence electrons. The SMILES string of the molecule is CC(CNC1CCCCC1)SC1CCOC1C. The molecule has 1 saturated carbocycles. The predicted molar refractivity (Wildman–Crippen MR) is 75.7 cm³/mol. The molecule has 0 aromatic heterocycles. The van der Waals surface area contributed by atoms with E-state index in [4.69, 9.17) is 4.74 Å². The summed E-state index contributed by atoms with van der Waals surface area (Å²) in [6.45, 7) is 6.69. The number of hydrogen-bond acceptors (Lipinski definition) is 3. The van der Waals surface area contributed by atoms with E-state index in [0.29, 0.717) is 11.4 Å².